The number of carbonyl (C=O) groups excluding carboxylic acids is 2. The number of halogens is 2. The summed E-state index contributed by atoms with van der Waals surface area (Å²) >= 11 is 0. The molecule has 0 spiro atoms. The molecule has 3 N–H and O–H groups in total. The second-order valence-electron chi connectivity index (χ2n) is 6.01. The summed E-state index contributed by atoms with van der Waals surface area (Å²) in [6, 6.07) is 10.3. The molecule has 0 saturated heterocycles. The average Bonchev–Trinajstić information content (AvgIpc) is 2.63. The van der Waals surface area contributed by atoms with E-state index in [1.54, 1.807) is 36.1 Å². The van der Waals surface area contributed by atoms with Crippen LogP contribution in [0, 0.1) is 11.6 Å². The number of hydrogen-bond donors (Lipinski definition) is 2. The fourth-order valence-corrected chi connectivity index (χ4v) is 2.32. The number of anilines is 2. The van der Waals surface area contributed by atoms with E-state index >= 15 is 0 Å². The van der Waals surface area contributed by atoms with E-state index in [9.17, 15) is 18.4 Å². The second-order valence-corrected chi connectivity index (χ2v) is 6.01. The molecule has 2 rings (SSSR count). The van der Waals surface area contributed by atoms with Gasteiger partial charge in [0.15, 0.2) is 0 Å². The second kappa shape index (κ2) is 11.7. The molecule has 0 fully saturated rings. The van der Waals surface area contributed by atoms with Crippen LogP contribution in [-0.4, -0.2) is 32.2 Å². The Balaban J connectivity index is 0.000000292. The van der Waals surface area contributed by atoms with Crippen molar-refractivity contribution >= 4 is 23.9 Å². The van der Waals surface area contributed by atoms with Gasteiger partial charge in [0.05, 0.1) is 7.11 Å². The van der Waals surface area contributed by atoms with Crippen molar-refractivity contribution in [2.45, 2.75) is 26.3 Å². The minimum absolute atomic E-state index is 0.0776. The van der Waals surface area contributed by atoms with Gasteiger partial charge in [-0.1, -0.05) is 0 Å². The summed E-state index contributed by atoms with van der Waals surface area (Å²) in [5.74, 6) is -1.10. The van der Waals surface area contributed by atoms with Crippen molar-refractivity contribution in [1.82, 2.24) is 0 Å². The van der Waals surface area contributed by atoms with E-state index in [2.05, 4.69) is 10.1 Å². The van der Waals surface area contributed by atoms with Crippen molar-refractivity contribution < 1.29 is 23.1 Å². The minimum Gasteiger partial charge on any atom is -0.453 e. The average molecular weight is 393 g/mol. The van der Waals surface area contributed by atoms with Gasteiger partial charge < -0.3 is 15.4 Å². The van der Waals surface area contributed by atoms with Gasteiger partial charge in [0.1, 0.15) is 11.6 Å². The van der Waals surface area contributed by atoms with Gasteiger partial charge in [0.2, 0.25) is 6.41 Å². The maximum Gasteiger partial charge on any atom is 0.411 e. The van der Waals surface area contributed by atoms with E-state index in [1.165, 1.54) is 19.2 Å². The van der Waals surface area contributed by atoms with Gasteiger partial charge in [-0.2, -0.15) is 0 Å². The van der Waals surface area contributed by atoms with Gasteiger partial charge in [0, 0.05) is 30.0 Å². The largest absolute Gasteiger partial charge is 0.453 e. The molecule has 0 heterocycles. The van der Waals surface area contributed by atoms with Crippen LogP contribution in [-0.2, 0) is 16.0 Å². The lowest BCUT2D eigenvalue weighted by molar-refractivity contribution is -0.107. The molecular formula is C20H25F2N3O3. The number of amides is 2. The number of methoxy groups -OCH3 is 1. The quantitative estimate of drug-likeness (QED) is 0.733. The molecule has 2 amide bonds. The van der Waals surface area contributed by atoms with E-state index in [4.69, 9.17) is 5.73 Å². The summed E-state index contributed by atoms with van der Waals surface area (Å²) in [4.78, 5) is 23.2. The Labute approximate surface area is 163 Å². The number of nitrogens with two attached hydrogens (primary N) is 1. The highest BCUT2D eigenvalue weighted by Crippen LogP contribution is 2.16. The molecule has 0 bridgehead atoms. The zero-order valence-corrected chi connectivity index (χ0v) is 16.1. The molecule has 0 aliphatic carbocycles. The Bertz CT molecular complexity index is 748. The predicted molar refractivity (Wildman–Crippen MR) is 105 cm³/mol. The van der Waals surface area contributed by atoms with Gasteiger partial charge in [-0.05, 0) is 62.2 Å². The molecule has 0 aliphatic heterocycles. The summed E-state index contributed by atoms with van der Waals surface area (Å²) in [5.41, 5.74) is 7.49. The fourth-order valence-electron chi connectivity index (χ4n) is 2.32. The highest BCUT2D eigenvalue weighted by atomic mass is 19.1. The zero-order valence-electron chi connectivity index (χ0n) is 16.1. The van der Waals surface area contributed by atoms with Crippen LogP contribution in [0.3, 0.4) is 0 Å². The molecule has 152 valence electrons. The third-order valence-corrected chi connectivity index (χ3v) is 3.58. The van der Waals surface area contributed by atoms with Crippen LogP contribution in [0.15, 0.2) is 42.5 Å². The van der Waals surface area contributed by atoms with Gasteiger partial charge in [-0.25, -0.2) is 13.6 Å². The van der Waals surface area contributed by atoms with Crippen molar-refractivity contribution in [2.24, 2.45) is 5.73 Å². The van der Waals surface area contributed by atoms with Crippen LogP contribution in [0.2, 0.25) is 0 Å². The topological polar surface area (TPSA) is 84.7 Å². The van der Waals surface area contributed by atoms with Crippen molar-refractivity contribution in [2.75, 3.05) is 23.9 Å². The Morgan fingerprint density at radius 1 is 1.21 bits per heavy atom. The van der Waals surface area contributed by atoms with Crippen LogP contribution in [0.1, 0.15) is 19.4 Å². The number of nitrogens with zero attached hydrogens (tertiary/aromatic N) is 1. The van der Waals surface area contributed by atoms with E-state index in [-0.39, 0.29) is 6.04 Å². The summed E-state index contributed by atoms with van der Waals surface area (Å²) in [6.07, 6.45) is 0.743. The van der Waals surface area contributed by atoms with Gasteiger partial charge in [0.25, 0.3) is 0 Å². The zero-order chi connectivity index (χ0) is 21.1. The van der Waals surface area contributed by atoms with E-state index in [1.807, 2.05) is 6.92 Å². The number of hydrogen-bond acceptors (Lipinski definition) is 4. The molecule has 28 heavy (non-hydrogen) atoms. The minimum atomic E-state index is -0.550. The van der Waals surface area contributed by atoms with E-state index in [0.717, 1.165) is 18.2 Å². The fraction of sp³-hybridized carbons (Fsp3) is 0.300. The van der Waals surface area contributed by atoms with E-state index in [0.29, 0.717) is 24.2 Å². The molecule has 2 aromatic carbocycles. The highest BCUT2D eigenvalue weighted by Gasteiger charge is 2.04. The Morgan fingerprint density at radius 2 is 1.79 bits per heavy atom. The molecular weight excluding hydrogens is 368 g/mol. The third-order valence-electron chi connectivity index (χ3n) is 3.58. The Hall–Kier alpha value is -3.00. The maximum absolute atomic E-state index is 12.6. The van der Waals surface area contributed by atoms with Gasteiger partial charge >= 0.3 is 6.09 Å². The lowest BCUT2D eigenvalue weighted by Crippen LogP contribution is -2.20. The molecule has 0 aliphatic rings. The molecule has 1 unspecified atom stereocenters. The number of rotatable bonds is 6. The Morgan fingerprint density at radius 3 is 2.21 bits per heavy atom. The van der Waals surface area contributed by atoms with Crippen molar-refractivity contribution in [3.63, 3.8) is 0 Å². The van der Waals surface area contributed by atoms with Crippen molar-refractivity contribution in [3.8, 4) is 0 Å². The van der Waals surface area contributed by atoms with Crippen molar-refractivity contribution in [1.29, 1.82) is 0 Å². The molecule has 2 aromatic rings. The number of carbonyl (C=O) groups is 2. The first-order valence-electron chi connectivity index (χ1n) is 8.66. The maximum atomic E-state index is 12.6. The highest BCUT2D eigenvalue weighted by molar-refractivity contribution is 5.85. The summed E-state index contributed by atoms with van der Waals surface area (Å²) in [5, 5.41) is 2.53. The van der Waals surface area contributed by atoms with Gasteiger partial charge in [-0.15, -0.1) is 0 Å². The van der Waals surface area contributed by atoms with Crippen LogP contribution >= 0.6 is 0 Å². The molecule has 8 heteroatoms. The molecule has 6 nitrogen and oxygen atoms in total. The lowest BCUT2D eigenvalue weighted by Gasteiger charge is -2.15. The first-order valence-corrected chi connectivity index (χ1v) is 8.66. The lowest BCUT2D eigenvalue weighted by atomic mass is 10.1. The summed E-state index contributed by atoms with van der Waals surface area (Å²) < 4.78 is 29.7. The molecule has 0 radical (unpaired) electrons. The summed E-state index contributed by atoms with van der Waals surface area (Å²) in [6.45, 7) is 4.28. The molecule has 0 saturated carbocycles. The number of benzene rings is 2. The Kier molecular flexibility index (Phi) is 9.59. The number of nitrogens with one attached hydrogen (secondary N) is 1. The normalized spacial score (nSPS) is 10.9. The molecule has 1 atom stereocenters. The van der Waals surface area contributed by atoms with Crippen LogP contribution in [0.5, 0.6) is 0 Å². The standard InChI is InChI=1S/C11H14N2O3.C9H11F2N/c1-3-13(8-14)10-6-4-9(5-7-10)12-11(15)16-2;1-6(12)2-7-3-8(10)5-9(11)4-7/h4-8H,3H2,1-2H3,(H,12,15);3-6H,2,12H2,1H3. The number of ether oxygens (including phenoxy) is 1. The smallest absolute Gasteiger partial charge is 0.411 e. The first-order chi connectivity index (χ1) is 13.3. The summed E-state index contributed by atoms with van der Waals surface area (Å²) in [7, 11) is 1.30. The SMILES string of the molecule is CC(N)Cc1cc(F)cc(F)c1.CCN(C=O)c1ccc(NC(=O)OC)cc1. The van der Waals surface area contributed by atoms with Crippen molar-refractivity contribution in [3.05, 3.63) is 59.7 Å². The van der Waals surface area contributed by atoms with Crippen LogP contribution in [0.4, 0.5) is 25.0 Å². The predicted octanol–water partition coefficient (Wildman–Crippen LogP) is 3.70. The van der Waals surface area contributed by atoms with Crippen LogP contribution < -0.4 is 16.0 Å². The monoisotopic (exact) mass is 393 g/mol. The third kappa shape index (κ3) is 8.13. The van der Waals surface area contributed by atoms with Gasteiger partial charge in [-0.3, -0.25) is 10.1 Å². The van der Waals surface area contributed by atoms with Crippen LogP contribution in [0.25, 0.3) is 0 Å². The molecule has 0 aromatic heterocycles. The first kappa shape index (κ1) is 23.0. The van der Waals surface area contributed by atoms with E-state index < -0.39 is 17.7 Å².